The second-order valence-corrected chi connectivity index (χ2v) is 10.3. The van der Waals surface area contributed by atoms with E-state index in [-0.39, 0.29) is 18.5 Å². The Bertz CT molecular complexity index is 1040. The highest BCUT2D eigenvalue weighted by Gasteiger charge is 2.30. The van der Waals surface area contributed by atoms with Crippen LogP contribution in [0.1, 0.15) is 38.3 Å². The van der Waals surface area contributed by atoms with Crippen molar-refractivity contribution in [1.29, 1.82) is 0 Å². The fourth-order valence-corrected chi connectivity index (χ4v) is 4.38. The van der Waals surface area contributed by atoms with Crippen LogP contribution in [0.15, 0.2) is 54.6 Å². The lowest BCUT2D eigenvalue weighted by atomic mass is 10.1. The van der Waals surface area contributed by atoms with Crippen LogP contribution in [-0.2, 0) is 26.0 Å². The Labute approximate surface area is 197 Å². The Morgan fingerprint density at radius 2 is 1.61 bits per heavy atom. The summed E-state index contributed by atoms with van der Waals surface area (Å²) in [6.07, 6.45) is 2.41. The monoisotopic (exact) mass is 473 g/mol. The molecule has 2 amide bonds. The number of nitrogens with zero attached hydrogens (tertiary/aromatic N) is 2. The summed E-state index contributed by atoms with van der Waals surface area (Å²) in [5.41, 5.74) is 2.23. The molecule has 1 N–H and O–H groups in total. The van der Waals surface area contributed by atoms with Gasteiger partial charge in [0, 0.05) is 12.6 Å². The predicted octanol–water partition coefficient (Wildman–Crippen LogP) is 3.14. The second-order valence-electron chi connectivity index (χ2n) is 8.37. The molecule has 0 aliphatic heterocycles. The molecule has 0 aliphatic carbocycles. The molecule has 33 heavy (non-hydrogen) atoms. The molecule has 2 rings (SSSR count). The first-order valence-electron chi connectivity index (χ1n) is 11.2. The second kappa shape index (κ2) is 11.8. The van der Waals surface area contributed by atoms with E-state index in [1.807, 2.05) is 50.2 Å². The maximum atomic E-state index is 13.4. The van der Waals surface area contributed by atoms with Gasteiger partial charge in [0.2, 0.25) is 21.8 Å². The molecule has 0 unspecified atom stereocenters. The van der Waals surface area contributed by atoms with Gasteiger partial charge < -0.3 is 10.2 Å². The van der Waals surface area contributed by atoms with E-state index in [1.54, 1.807) is 32.0 Å². The normalized spacial score (nSPS) is 13.1. The Hall–Kier alpha value is -2.87. The average Bonchev–Trinajstić information content (AvgIpc) is 2.77. The van der Waals surface area contributed by atoms with Crippen LogP contribution in [0.4, 0.5) is 5.69 Å². The molecule has 0 spiro atoms. The van der Waals surface area contributed by atoms with Crippen molar-refractivity contribution >= 4 is 27.5 Å². The molecule has 8 heteroatoms. The van der Waals surface area contributed by atoms with Crippen LogP contribution in [0.2, 0.25) is 0 Å². The molecule has 0 radical (unpaired) electrons. The highest BCUT2D eigenvalue weighted by atomic mass is 32.2. The lowest BCUT2D eigenvalue weighted by Gasteiger charge is -2.32. The van der Waals surface area contributed by atoms with Crippen molar-refractivity contribution in [2.75, 3.05) is 23.7 Å². The van der Waals surface area contributed by atoms with E-state index in [4.69, 9.17) is 0 Å². The van der Waals surface area contributed by atoms with Gasteiger partial charge >= 0.3 is 0 Å². The number of nitrogens with one attached hydrogen (secondary N) is 1. The number of hydrogen-bond acceptors (Lipinski definition) is 4. The molecule has 0 aromatic heterocycles. The van der Waals surface area contributed by atoms with Gasteiger partial charge in [-0.05, 0) is 50.8 Å². The number of hydrogen-bond donors (Lipinski definition) is 1. The van der Waals surface area contributed by atoms with Gasteiger partial charge in [0.05, 0.1) is 11.9 Å². The molecule has 0 fully saturated rings. The molecule has 2 aromatic rings. The van der Waals surface area contributed by atoms with Gasteiger partial charge in [-0.25, -0.2) is 8.42 Å². The maximum Gasteiger partial charge on any atom is 0.244 e. The molecule has 0 saturated heterocycles. The van der Waals surface area contributed by atoms with Crippen molar-refractivity contribution in [1.82, 2.24) is 10.2 Å². The first-order chi connectivity index (χ1) is 15.5. The number of carbonyl (C=O) groups is 2. The zero-order valence-corrected chi connectivity index (χ0v) is 20.9. The fourth-order valence-electron chi connectivity index (χ4n) is 3.47. The first kappa shape index (κ1) is 26.4. The van der Waals surface area contributed by atoms with Crippen LogP contribution >= 0.6 is 0 Å². The van der Waals surface area contributed by atoms with Gasteiger partial charge in [-0.15, -0.1) is 0 Å². The third-order valence-electron chi connectivity index (χ3n) is 5.72. The number of para-hydroxylation sites is 1. The number of carbonyl (C=O) groups excluding carboxylic acids is 2. The van der Waals surface area contributed by atoms with Crippen molar-refractivity contribution in [3.8, 4) is 0 Å². The van der Waals surface area contributed by atoms with Crippen molar-refractivity contribution in [3.05, 3.63) is 65.7 Å². The number of rotatable bonds is 11. The SMILES string of the molecule is CC[C@H](C)NC(=O)[C@@H](C)N(CCc1ccccc1)C(=O)CN(c1ccccc1C)S(C)(=O)=O. The summed E-state index contributed by atoms with van der Waals surface area (Å²) in [5.74, 6) is -0.682. The summed E-state index contributed by atoms with van der Waals surface area (Å²) in [6.45, 7) is 7.28. The van der Waals surface area contributed by atoms with Crippen molar-refractivity contribution in [2.45, 2.75) is 52.6 Å². The topological polar surface area (TPSA) is 86.8 Å². The molecule has 180 valence electrons. The molecule has 0 bridgehead atoms. The lowest BCUT2D eigenvalue weighted by Crippen LogP contribution is -2.53. The van der Waals surface area contributed by atoms with Crippen molar-refractivity contribution in [2.24, 2.45) is 0 Å². The molecule has 0 saturated carbocycles. The average molecular weight is 474 g/mol. The summed E-state index contributed by atoms with van der Waals surface area (Å²) >= 11 is 0. The third kappa shape index (κ3) is 7.60. The first-order valence-corrected chi connectivity index (χ1v) is 13.1. The number of benzene rings is 2. The standard InChI is InChI=1S/C25H35N3O4S/c1-6-20(3)26-25(30)21(4)27(17-16-22-13-8-7-9-14-22)24(29)18-28(33(5,31)32)23-15-11-10-12-19(23)2/h7-15,20-21H,6,16-18H2,1-5H3,(H,26,30)/t20-,21+/m0/s1. The highest BCUT2D eigenvalue weighted by Crippen LogP contribution is 2.22. The van der Waals surface area contributed by atoms with Gasteiger partial charge in [-0.3, -0.25) is 13.9 Å². The zero-order chi connectivity index (χ0) is 24.6. The molecule has 7 nitrogen and oxygen atoms in total. The number of anilines is 1. The third-order valence-corrected chi connectivity index (χ3v) is 6.84. The van der Waals surface area contributed by atoms with E-state index in [1.165, 1.54) is 4.90 Å². The predicted molar refractivity (Wildman–Crippen MR) is 133 cm³/mol. The highest BCUT2D eigenvalue weighted by molar-refractivity contribution is 7.92. The molecule has 0 heterocycles. The number of sulfonamides is 1. The summed E-state index contributed by atoms with van der Waals surface area (Å²) in [7, 11) is -3.72. The van der Waals surface area contributed by atoms with E-state index in [0.717, 1.165) is 28.1 Å². The van der Waals surface area contributed by atoms with Gasteiger partial charge in [0.1, 0.15) is 12.6 Å². The van der Waals surface area contributed by atoms with Crippen LogP contribution in [-0.4, -0.2) is 56.6 Å². The smallest absolute Gasteiger partial charge is 0.244 e. The number of aryl methyl sites for hydroxylation is 1. The molecule has 2 aromatic carbocycles. The van der Waals surface area contributed by atoms with E-state index < -0.39 is 22.0 Å². The van der Waals surface area contributed by atoms with E-state index >= 15 is 0 Å². The maximum absolute atomic E-state index is 13.4. The fraction of sp³-hybridized carbons (Fsp3) is 0.440. The number of amides is 2. The summed E-state index contributed by atoms with van der Waals surface area (Å²) in [5, 5.41) is 2.92. The quantitative estimate of drug-likeness (QED) is 0.543. The molecular formula is C25H35N3O4S. The minimum absolute atomic E-state index is 0.0227. The van der Waals surface area contributed by atoms with Gasteiger partial charge in [0.15, 0.2) is 0 Å². The van der Waals surface area contributed by atoms with Gasteiger partial charge in [-0.1, -0.05) is 55.5 Å². The molecule has 2 atom stereocenters. The van der Waals surface area contributed by atoms with E-state index in [0.29, 0.717) is 18.7 Å². The summed E-state index contributed by atoms with van der Waals surface area (Å²) in [6, 6.07) is 15.9. The van der Waals surface area contributed by atoms with Crippen LogP contribution in [0.3, 0.4) is 0 Å². The lowest BCUT2D eigenvalue weighted by molar-refractivity contribution is -0.139. The van der Waals surface area contributed by atoms with Crippen molar-refractivity contribution in [3.63, 3.8) is 0 Å². The van der Waals surface area contributed by atoms with Crippen LogP contribution in [0, 0.1) is 6.92 Å². The minimum atomic E-state index is -3.72. The molecular weight excluding hydrogens is 438 g/mol. The Morgan fingerprint density at radius 1 is 1.00 bits per heavy atom. The van der Waals surface area contributed by atoms with Gasteiger partial charge in [-0.2, -0.15) is 0 Å². The van der Waals surface area contributed by atoms with Crippen molar-refractivity contribution < 1.29 is 18.0 Å². The van der Waals surface area contributed by atoms with E-state index in [9.17, 15) is 18.0 Å². The Balaban J connectivity index is 2.31. The van der Waals surface area contributed by atoms with Crippen LogP contribution < -0.4 is 9.62 Å². The summed E-state index contributed by atoms with van der Waals surface area (Å²) in [4.78, 5) is 27.8. The van der Waals surface area contributed by atoms with Crippen LogP contribution in [0.5, 0.6) is 0 Å². The Morgan fingerprint density at radius 3 is 2.18 bits per heavy atom. The Kier molecular flexibility index (Phi) is 9.46. The minimum Gasteiger partial charge on any atom is -0.352 e. The molecule has 0 aliphatic rings. The van der Waals surface area contributed by atoms with E-state index in [2.05, 4.69) is 5.32 Å². The summed E-state index contributed by atoms with van der Waals surface area (Å²) < 4.78 is 26.3. The van der Waals surface area contributed by atoms with Gasteiger partial charge in [0.25, 0.3) is 0 Å². The zero-order valence-electron chi connectivity index (χ0n) is 20.1. The largest absolute Gasteiger partial charge is 0.352 e. The van der Waals surface area contributed by atoms with Crippen LogP contribution in [0.25, 0.3) is 0 Å².